The third kappa shape index (κ3) is 4.97. The van der Waals surface area contributed by atoms with Crippen LogP contribution in [0.15, 0.2) is 48.7 Å². The number of methoxy groups -OCH3 is 1. The lowest BCUT2D eigenvalue weighted by Gasteiger charge is -2.29. The van der Waals surface area contributed by atoms with Crippen LogP contribution in [0.2, 0.25) is 0 Å². The molecule has 1 fully saturated rings. The van der Waals surface area contributed by atoms with E-state index in [1.807, 2.05) is 18.2 Å². The summed E-state index contributed by atoms with van der Waals surface area (Å²) in [5, 5.41) is 4.03. The smallest absolute Gasteiger partial charge is 0.410 e. The predicted octanol–water partition coefficient (Wildman–Crippen LogP) is 6.58. The molecule has 9 heteroatoms. The highest BCUT2D eigenvalue weighted by Crippen LogP contribution is 2.38. The van der Waals surface area contributed by atoms with Crippen LogP contribution in [-0.4, -0.2) is 42.3 Å². The fourth-order valence-corrected chi connectivity index (χ4v) is 4.67. The topological polar surface area (TPSA) is 63.7 Å². The molecule has 6 nitrogen and oxygen atoms in total. The van der Waals surface area contributed by atoms with Gasteiger partial charge in [0, 0.05) is 42.9 Å². The number of rotatable bonds is 7. The van der Waals surface area contributed by atoms with Gasteiger partial charge >= 0.3 is 6.09 Å². The Kier molecular flexibility index (Phi) is 7.40. The van der Waals surface area contributed by atoms with Crippen molar-refractivity contribution in [2.24, 2.45) is 0 Å². The molecule has 2 atom stereocenters. The van der Waals surface area contributed by atoms with E-state index >= 15 is 0 Å². The van der Waals surface area contributed by atoms with Crippen molar-refractivity contribution in [3.05, 3.63) is 71.2 Å². The van der Waals surface area contributed by atoms with Gasteiger partial charge in [-0.25, -0.2) is 18.0 Å². The molecular formula is C27H30F3N3O3. The van der Waals surface area contributed by atoms with E-state index in [-0.39, 0.29) is 17.8 Å². The molecule has 2 heterocycles. The number of pyridine rings is 1. The molecule has 0 bridgehead atoms. The standard InChI is InChI=1S/C27H30F3N3O3/c1-16(2)36-26(34)33-13-11-27(15-33,35-4)18-8-9-22-21(14-18)23(10-12-31-22)32-17(3)19-6-5-7-20(24(19)28)25(29)30/h5-10,12,14,16-17,25H,11,13,15H2,1-4H3,(H,31,32)/t17-,27-/m1/s1. The van der Waals surface area contributed by atoms with Crippen LogP contribution in [0.1, 0.15) is 56.3 Å². The van der Waals surface area contributed by atoms with Crippen molar-refractivity contribution in [2.75, 3.05) is 25.5 Å². The number of aromatic nitrogens is 1. The number of carbonyl (C=O) groups excluding carboxylic acids is 1. The highest BCUT2D eigenvalue weighted by Gasteiger charge is 2.42. The van der Waals surface area contributed by atoms with E-state index in [9.17, 15) is 18.0 Å². The Morgan fingerprint density at radius 1 is 1.14 bits per heavy atom. The largest absolute Gasteiger partial charge is 0.447 e. The molecule has 4 rings (SSSR count). The van der Waals surface area contributed by atoms with Crippen LogP contribution in [0.25, 0.3) is 10.9 Å². The van der Waals surface area contributed by atoms with E-state index in [1.54, 1.807) is 45.0 Å². The number of fused-ring (bicyclic) bond motifs is 1. The summed E-state index contributed by atoms with van der Waals surface area (Å²) in [4.78, 5) is 18.5. The Balaban J connectivity index is 1.65. The molecule has 0 saturated carbocycles. The van der Waals surface area contributed by atoms with Gasteiger partial charge in [-0.15, -0.1) is 0 Å². The van der Waals surface area contributed by atoms with Crippen LogP contribution >= 0.6 is 0 Å². The molecule has 1 aliphatic heterocycles. The number of carbonyl (C=O) groups is 1. The maximum Gasteiger partial charge on any atom is 0.410 e. The van der Waals surface area contributed by atoms with Gasteiger partial charge < -0.3 is 19.7 Å². The number of hydrogen-bond donors (Lipinski definition) is 1. The van der Waals surface area contributed by atoms with Crippen LogP contribution < -0.4 is 5.32 Å². The Hall–Kier alpha value is -3.33. The number of amides is 1. The first-order chi connectivity index (χ1) is 17.1. The number of anilines is 1. The lowest BCUT2D eigenvalue weighted by Crippen LogP contribution is -2.36. The minimum absolute atomic E-state index is 0.150. The Morgan fingerprint density at radius 2 is 1.89 bits per heavy atom. The summed E-state index contributed by atoms with van der Waals surface area (Å²) in [6, 6.07) is 10.9. The minimum Gasteiger partial charge on any atom is -0.447 e. The van der Waals surface area contributed by atoms with Crippen molar-refractivity contribution in [1.29, 1.82) is 0 Å². The van der Waals surface area contributed by atoms with E-state index < -0.39 is 29.4 Å². The van der Waals surface area contributed by atoms with Gasteiger partial charge in [-0.3, -0.25) is 4.98 Å². The molecule has 0 aliphatic carbocycles. The molecule has 36 heavy (non-hydrogen) atoms. The van der Waals surface area contributed by atoms with Crippen LogP contribution in [0, 0.1) is 5.82 Å². The summed E-state index contributed by atoms with van der Waals surface area (Å²) in [5.74, 6) is -0.913. The molecule has 1 amide bonds. The van der Waals surface area contributed by atoms with E-state index in [0.717, 1.165) is 17.0 Å². The van der Waals surface area contributed by atoms with Gasteiger partial charge in [0.25, 0.3) is 6.43 Å². The van der Waals surface area contributed by atoms with Crippen LogP contribution in [0.4, 0.5) is 23.7 Å². The fraction of sp³-hybridized carbons (Fsp3) is 0.407. The highest BCUT2D eigenvalue weighted by molar-refractivity contribution is 5.92. The minimum atomic E-state index is -2.89. The molecule has 0 radical (unpaired) electrons. The summed E-state index contributed by atoms with van der Waals surface area (Å²) in [5.41, 5.74) is 1.06. The third-order valence-electron chi connectivity index (χ3n) is 6.62. The van der Waals surface area contributed by atoms with E-state index in [1.165, 1.54) is 12.1 Å². The lowest BCUT2D eigenvalue weighted by molar-refractivity contribution is -0.00738. The summed E-state index contributed by atoms with van der Waals surface area (Å²) in [7, 11) is 1.62. The summed E-state index contributed by atoms with van der Waals surface area (Å²) in [6.07, 6.45) is -1.27. The van der Waals surface area contributed by atoms with Gasteiger partial charge in [0.2, 0.25) is 0 Å². The molecule has 0 unspecified atom stereocenters. The number of alkyl halides is 2. The van der Waals surface area contributed by atoms with E-state index in [2.05, 4.69) is 10.3 Å². The van der Waals surface area contributed by atoms with Crippen molar-refractivity contribution < 1.29 is 27.4 Å². The second-order valence-electron chi connectivity index (χ2n) is 9.31. The van der Waals surface area contributed by atoms with E-state index in [4.69, 9.17) is 9.47 Å². The quantitative estimate of drug-likeness (QED) is 0.396. The maximum atomic E-state index is 14.7. The highest BCUT2D eigenvalue weighted by atomic mass is 19.3. The van der Waals surface area contributed by atoms with Crippen molar-refractivity contribution in [2.45, 2.75) is 51.4 Å². The Morgan fingerprint density at radius 3 is 2.58 bits per heavy atom. The number of nitrogens with zero attached hydrogens (tertiary/aromatic N) is 2. The average Bonchev–Trinajstić information content (AvgIpc) is 3.30. The molecule has 2 aromatic carbocycles. The first kappa shape index (κ1) is 25.8. The van der Waals surface area contributed by atoms with Gasteiger partial charge in [0.05, 0.1) is 29.8 Å². The molecule has 1 saturated heterocycles. The van der Waals surface area contributed by atoms with Crippen LogP contribution in [0.5, 0.6) is 0 Å². The van der Waals surface area contributed by atoms with Crippen molar-refractivity contribution >= 4 is 22.7 Å². The second-order valence-corrected chi connectivity index (χ2v) is 9.31. The first-order valence-corrected chi connectivity index (χ1v) is 11.9. The number of likely N-dealkylation sites (tertiary alicyclic amines) is 1. The number of halogens is 3. The fourth-order valence-electron chi connectivity index (χ4n) is 4.67. The van der Waals surface area contributed by atoms with Gasteiger partial charge in [0.1, 0.15) is 11.4 Å². The maximum absolute atomic E-state index is 14.7. The molecule has 1 N–H and O–H groups in total. The monoisotopic (exact) mass is 501 g/mol. The van der Waals surface area contributed by atoms with Gasteiger partial charge in [-0.05, 0) is 44.5 Å². The second kappa shape index (κ2) is 10.3. The summed E-state index contributed by atoms with van der Waals surface area (Å²) in [6.45, 7) is 6.16. The zero-order chi connectivity index (χ0) is 26.0. The zero-order valence-electron chi connectivity index (χ0n) is 20.7. The first-order valence-electron chi connectivity index (χ1n) is 11.9. The third-order valence-corrected chi connectivity index (χ3v) is 6.62. The number of benzene rings is 2. The molecule has 3 aromatic rings. The van der Waals surface area contributed by atoms with Gasteiger partial charge in [-0.1, -0.05) is 24.3 Å². The molecule has 192 valence electrons. The zero-order valence-corrected chi connectivity index (χ0v) is 20.7. The summed E-state index contributed by atoms with van der Waals surface area (Å²) >= 11 is 0. The Labute approximate surface area is 208 Å². The number of ether oxygens (including phenoxy) is 2. The lowest BCUT2D eigenvalue weighted by atomic mass is 9.91. The van der Waals surface area contributed by atoms with Crippen molar-refractivity contribution in [3.8, 4) is 0 Å². The average molecular weight is 502 g/mol. The van der Waals surface area contributed by atoms with Crippen molar-refractivity contribution in [3.63, 3.8) is 0 Å². The molecule has 1 aromatic heterocycles. The van der Waals surface area contributed by atoms with Gasteiger partial charge in [-0.2, -0.15) is 0 Å². The Bertz CT molecular complexity index is 1250. The van der Waals surface area contributed by atoms with Crippen LogP contribution in [0.3, 0.4) is 0 Å². The summed E-state index contributed by atoms with van der Waals surface area (Å²) < 4.78 is 52.4. The SMILES string of the molecule is CO[C@]1(c2ccc3nccc(N[C@H](C)c4cccc(C(F)F)c4F)c3c2)CCN(C(=O)OC(C)C)C1. The van der Waals surface area contributed by atoms with Crippen molar-refractivity contribution in [1.82, 2.24) is 9.88 Å². The number of hydrogen-bond acceptors (Lipinski definition) is 5. The predicted molar refractivity (Wildman–Crippen MR) is 132 cm³/mol. The van der Waals surface area contributed by atoms with Gasteiger partial charge in [0.15, 0.2) is 0 Å². The van der Waals surface area contributed by atoms with Crippen LogP contribution in [-0.2, 0) is 15.1 Å². The molecule has 0 spiro atoms. The molecular weight excluding hydrogens is 471 g/mol. The normalized spacial score (nSPS) is 18.8. The molecule has 1 aliphatic rings. The number of nitrogens with one attached hydrogen (secondary N) is 1. The van der Waals surface area contributed by atoms with E-state index in [0.29, 0.717) is 30.7 Å².